The summed E-state index contributed by atoms with van der Waals surface area (Å²) in [4.78, 5) is 12.0. The molecule has 0 aromatic carbocycles. The fourth-order valence-corrected chi connectivity index (χ4v) is 1.93. The molecule has 94 valence electrons. The molecule has 1 amide bonds. The molecule has 0 spiro atoms. The van der Waals surface area contributed by atoms with Crippen molar-refractivity contribution >= 4 is 17.5 Å². The van der Waals surface area contributed by atoms with Crippen LogP contribution in [0.15, 0.2) is 12.3 Å². The molecular weight excluding hydrogens is 238 g/mol. The number of likely N-dealkylation sites (N-methyl/N-ethyl adjacent to an activating group) is 1. The fraction of sp³-hybridized carbons (Fsp3) is 0.583. The largest absolute Gasteiger partial charge is 0.349 e. The first-order chi connectivity index (χ1) is 8.11. The second kappa shape index (κ2) is 5.10. The van der Waals surface area contributed by atoms with Gasteiger partial charge in [-0.1, -0.05) is 11.6 Å². The van der Waals surface area contributed by atoms with Crippen LogP contribution in [0.2, 0.25) is 5.02 Å². The lowest BCUT2D eigenvalue weighted by molar-refractivity contribution is 0.0941. The number of aromatic nitrogens is 1. The molecule has 5 heteroatoms. The minimum absolute atomic E-state index is 0.0501. The Balaban J connectivity index is 2.03. The van der Waals surface area contributed by atoms with E-state index in [9.17, 15) is 4.79 Å². The molecule has 2 rings (SSSR count). The van der Waals surface area contributed by atoms with Crippen LogP contribution in [0.3, 0.4) is 0 Å². The van der Waals surface area contributed by atoms with Crippen molar-refractivity contribution in [3.05, 3.63) is 23.0 Å². The van der Waals surface area contributed by atoms with E-state index in [0.29, 0.717) is 23.3 Å². The molecule has 4 nitrogen and oxygen atoms in total. The smallest absolute Gasteiger partial charge is 0.268 e. The average Bonchev–Trinajstić information content (AvgIpc) is 3.09. The quantitative estimate of drug-likeness (QED) is 0.843. The maximum Gasteiger partial charge on any atom is 0.268 e. The summed E-state index contributed by atoms with van der Waals surface area (Å²) in [5, 5.41) is 6.61. The van der Waals surface area contributed by atoms with Crippen LogP contribution in [0.5, 0.6) is 0 Å². The van der Waals surface area contributed by atoms with E-state index >= 15 is 0 Å². The molecule has 0 saturated heterocycles. The topological polar surface area (TPSA) is 46.1 Å². The number of carbonyl (C=O) groups excluding carboxylic acids is 1. The van der Waals surface area contributed by atoms with Crippen molar-refractivity contribution in [2.45, 2.75) is 31.8 Å². The van der Waals surface area contributed by atoms with Crippen molar-refractivity contribution < 1.29 is 4.79 Å². The van der Waals surface area contributed by atoms with E-state index < -0.39 is 0 Å². The molecule has 1 heterocycles. The molecule has 1 aromatic heterocycles. The minimum atomic E-state index is -0.0501. The Morgan fingerprint density at radius 1 is 1.65 bits per heavy atom. The number of rotatable bonds is 5. The van der Waals surface area contributed by atoms with Crippen LogP contribution in [-0.2, 0) is 0 Å². The van der Waals surface area contributed by atoms with Crippen molar-refractivity contribution in [2.24, 2.45) is 0 Å². The Morgan fingerprint density at radius 3 is 2.94 bits per heavy atom. The van der Waals surface area contributed by atoms with Gasteiger partial charge in [-0.3, -0.25) is 4.79 Å². The predicted octanol–water partition coefficient (Wildman–Crippen LogP) is 1.81. The summed E-state index contributed by atoms with van der Waals surface area (Å²) in [5.74, 6) is -0.0501. The van der Waals surface area contributed by atoms with Gasteiger partial charge in [0.2, 0.25) is 0 Å². The van der Waals surface area contributed by atoms with Crippen LogP contribution in [0.25, 0.3) is 0 Å². The molecule has 0 bridgehead atoms. The third-order valence-corrected chi connectivity index (χ3v) is 3.26. The zero-order chi connectivity index (χ0) is 12.4. The number of nitrogens with zero attached hydrogens (tertiary/aromatic N) is 1. The summed E-state index contributed by atoms with van der Waals surface area (Å²) in [5.41, 5.74) is 0.667. The van der Waals surface area contributed by atoms with Crippen molar-refractivity contribution in [3.63, 3.8) is 0 Å². The lowest BCUT2D eigenvalue weighted by Gasteiger charge is -2.12. The molecule has 2 N–H and O–H groups in total. The molecule has 1 aliphatic rings. The van der Waals surface area contributed by atoms with Crippen molar-refractivity contribution in [1.29, 1.82) is 0 Å². The van der Waals surface area contributed by atoms with Gasteiger partial charge in [0.15, 0.2) is 0 Å². The molecule has 1 unspecified atom stereocenters. The van der Waals surface area contributed by atoms with E-state index in [-0.39, 0.29) is 11.9 Å². The zero-order valence-corrected chi connectivity index (χ0v) is 10.9. The van der Waals surface area contributed by atoms with Crippen LogP contribution >= 0.6 is 11.6 Å². The number of carbonyl (C=O) groups is 1. The van der Waals surface area contributed by atoms with Crippen molar-refractivity contribution in [1.82, 2.24) is 15.2 Å². The van der Waals surface area contributed by atoms with E-state index in [0.717, 1.165) is 12.8 Å². The molecule has 1 atom stereocenters. The maximum absolute atomic E-state index is 12.0. The summed E-state index contributed by atoms with van der Waals surface area (Å²) in [7, 11) is 1.88. The minimum Gasteiger partial charge on any atom is -0.349 e. The second-order valence-corrected chi connectivity index (χ2v) is 5.02. The Bertz CT molecular complexity index is 412. The van der Waals surface area contributed by atoms with Gasteiger partial charge in [0, 0.05) is 24.8 Å². The van der Waals surface area contributed by atoms with Crippen LogP contribution < -0.4 is 10.6 Å². The molecule has 1 aliphatic carbocycles. The summed E-state index contributed by atoms with van der Waals surface area (Å²) >= 11 is 5.96. The summed E-state index contributed by atoms with van der Waals surface area (Å²) < 4.78 is 1.99. The van der Waals surface area contributed by atoms with E-state index in [2.05, 4.69) is 10.6 Å². The molecule has 0 aliphatic heterocycles. The Labute approximate surface area is 106 Å². The fourth-order valence-electron chi connectivity index (χ4n) is 1.72. The maximum atomic E-state index is 12.0. The van der Waals surface area contributed by atoms with E-state index in [4.69, 9.17) is 11.6 Å². The predicted molar refractivity (Wildman–Crippen MR) is 68.6 cm³/mol. The lowest BCUT2D eigenvalue weighted by atomic mass is 10.3. The molecule has 1 aromatic rings. The van der Waals surface area contributed by atoms with Gasteiger partial charge in [-0.25, -0.2) is 0 Å². The Kier molecular flexibility index (Phi) is 3.74. The summed E-state index contributed by atoms with van der Waals surface area (Å²) in [6.07, 6.45) is 4.12. The third-order valence-electron chi connectivity index (χ3n) is 3.05. The van der Waals surface area contributed by atoms with Gasteiger partial charge in [0.25, 0.3) is 5.91 Å². The average molecular weight is 256 g/mol. The SMILES string of the molecule is CNC(C)CNC(=O)c1cc(Cl)cn1C1CC1. The molecule has 0 radical (unpaired) electrons. The van der Waals surface area contributed by atoms with Gasteiger partial charge in [-0.05, 0) is 32.9 Å². The first kappa shape index (κ1) is 12.5. The highest BCUT2D eigenvalue weighted by Crippen LogP contribution is 2.37. The van der Waals surface area contributed by atoms with E-state index in [1.54, 1.807) is 6.07 Å². The number of hydrogen-bond acceptors (Lipinski definition) is 2. The molecule has 1 saturated carbocycles. The van der Waals surface area contributed by atoms with Crippen LogP contribution in [0.4, 0.5) is 0 Å². The van der Waals surface area contributed by atoms with Gasteiger partial charge in [0.05, 0.1) is 5.02 Å². The van der Waals surface area contributed by atoms with E-state index in [1.165, 1.54) is 0 Å². The van der Waals surface area contributed by atoms with Gasteiger partial charge >= 0.3 is 0 Å². The monoisotopic (exact) mass is 255 g/mol. The first-order valence-corrected chi connectivity index (χ1v) is 6.32. The van der Waals surface area contributed by atoms with Gasteiger partial charge in [-0.15, -0.1) is 0 Å². The molecule has 17 heavy (non-hydrogen) atoms. The standard InChI is InChI=1S/C12H18ClN3O/c1-8(14-2)6-15-12(17)11-5-9(13)7-16(11)10-3-4-10/h5,7-8,10,14H,3-4,6H2,1-2H3,(H,15,17). The Hall–Kier alpha value is -1.00. The van der Waals surface area contributed by atoms with Crippen LogP contribution in [0.1, 0.15) is 36.3 Å². The summed E-state index contributed by atoms with van der Waals surface area (Å²) in [6, 6.07) is 2.46. The van der Waals surface area contributed by atoms with Crippen LogP contribution in [-0.4, -0.2) is 30.1 Å². The van der Waals surface area contributed by atoms with Crippen molar-refractivity contribution in [3.8, 4) is 0 Å². The highest BCUT2D eigenvalue weighted by molar-refractivity contribution is 6.31. The van der Waals surface area contributed by atoms with Gasteiger partial charge in [0.1, 0.15) is 5.69 Å². The zero-order valence-electron chi connectivity index (χ0n) is 10.2. The molecule has 1 fully saturated rings. The second-order valence-electron chi connectivity index (χ2n) is 4.58. The van der Waals surface area contributed by atoms with Crippen LogP contribution in [0, 0.1) is 0 Å². The normalized spacial score (nSPS) is 16.9. The number of amides is 1. The lowest BCUT2D eigenvalue weighted by Crippen LogP contribution is -2.37. The number of nitrogens with one attached hydrogen (secondary N) is 2. The first-order valence-electron chi connectivity index (χ1n) is 5.94. The van der Waals surface area contributed by atoms with Gasteiger partial charge in [-0.2, -0.15) is 0 Å². The number of hydrogen-bond donors (Lipinski definition) is 2. The summed E-state index contributed by atoms with van der Waals surface area (Å²) in [6.45, 7) is 2.63. The van der Waals surface area contributed by atoms with Gasteiger partial charge < -0.3 is 15.2 Å². The third kappa shape index (κ3) is 3.01. The van der Waals surface area contributed by atoms with Crippen molar-refractivity contribution in [2.75, 3.05) is 13.6 Å². The van der Waals surface area contributed by atoms with E-state index in [1.807, 2.05) is 24.7 Å². The molecular formula is C12H18ClN3O. The number of halogens is 1. The Morgan fingerprint density at radius 2 is 2.35 bits per heavy atom. The highest BCUT2D eigenvalue weighted by Gasteiger charge is 2.27. The highest BCUT2D eigenvalue weighted by atomic mass is 35.5.